The van der Waals surface area contributed by atoms with Gasteiger partial charge in [-0.15, -0.1) is 16.4 Å². The van der Waals surface area contributed by atoms with E-state index in [0.29, 0.717) is 29.2 Å². The number of fused-ring (bicyclic) bond motifs is 2. The summed E-state index contributed by atoms with van der Waals surface area (Å²) in [6, 6.07) is 12.0. The fourth-order valence-electron chi connectivity index (χ4n) is 5.51. The fraction of sp³-hybridized carbons (Fsp3) is 0.276. The molecule has 0 spiro atoms. The Morgan fingerprint density at radius 1 is 1.10 bits per heavy atom. The lowest BCUT2D eigenvalue weighted by Gasteiger charge is -2.34. The van der Waals surface area contributed by atoms with E-state index in [0.717, 1.165) is 49.0 Å². The minimum Gasteiger partial charge on any atom is -0.315 e. The molecular formula is C29H27FN8OS. The van der Waals surface area contributed by atoms with Crippen molar-refractivity contribution in [2.24, 2.45) is 0 Å². The van der Waals surface area contributed by atoms with E-state index in [-0.39, 0.29) is 11.6 Å². The minimum atomic E-state index is -0.631. The van der Waals surface area contributed by atoms with E-state index in [1.165, 1.54) is 27.3 Å². The predicted octanol–water partition coefficient (Wildman–Crippen LogP) is 4.34. The SMILES string of the molecule is O=C(c1ccc(-n2nnc3cccnc32)cc1F)N(c1nccc2sc(C3=CCNCC3)cc12)[C@@H]1CCCNC1. The molecule has 2 N–H and O–H groups in total. The van der Waals surface area contributed by atoms with Crippen LogP contribution in [0.15, 0.2) is 60.9 Å². The molecule has 1 saturated heterocycles. The lowest BCUT2D eigenvalue weighted by atomic mass is 10.0. The van der Waals surface area contributed by atoms with Gasteiger partial charge in [-0.05, 0) is 74.3 Å². The molecule has 9 nitrogen and oxygen atoms in total. The molecule has 7 rings (SSSR count). The van der Waals surface area contributed by atoms with Gasteiger partial charge in [0.15, 0.2) is 5.65 Å². The molecule has 4 aromatic heterocycles. The van der Waals surface area contributed by atoms with Crippen LogP contribution in [0.2, 0.25) is 0 Å². The van der Waals surface area contributed by atoms with Gasteiger partial charge in [0.05, 0.1) is 17.3 Å². The molecule has 40 heavy (non-hydrogen) atoms. The van der Waals surface area contributed by atoms with Crippen LogP contribution in [-0.4, -0.2) is 63.1 Å². The Hall–Kier alpha value is -4.06. The number of nitrogens with one attached hydrogen (secondary N) is 2. The largest absolute Gasteiger partial charge is 0.315 e. The molecule has 2 aliphatic rings. The number of hydrogen-bond donors (Lipinski definition) is 2. The molecule has 6 heterocycles. The molecule has 5 aromatic rings. The van der Waals surface area contributed by atoms with Gasteiger partial charge in [0, 0.05) is 46.5 Å². The molecule has 1 atom stereocenters. The molecule has 1 aromatic carbocycles. The first kappa shape index (κ1) is 24.9. The van der Waals surface area contributed by atoms with Crippen molar-refractivity contribution in [1.29, 1.82) is 0 Å². The smallest absolute Gasteiger partial charge is 0.262 e. The summed E-state index contributed by atoms with van der Waals surface area (Å²) in [5, 5.41) is 15.9. The van der Waals surface area contributed by atoms with Crippen molar-refractivity contribution in [3.63, 3.8) is 0 Å². The zero-order valence-corrected chi connectivity index (χ0v) is 22.5. The molecule has 2 aliphatic heterocycles. The van der Waals surface area contributed by atoms with Crippen LogP contribution < -0.4 is 15.5 Å². The van der Waals surface area contributed by atoms with Crippen molar-refractivity contribution in [2.45, 2.75) is 25.3 Å². The van der Waals surface area contributed by atoms with Crippen LogP contribution in [0, 0.1) is 5.82 Å². The number of aromatic nitrogens is 5. The van der Waals surface area contributed by atoms with E-state index in [1.807, 2.05) is 6.07 Å². The van der Waals surface area contributed by atoms with E-state index in [4.69, 9.17) is 4.98 Å². The molecule has 202 valence electrons. The Labute approximate surface area is 233 Å². The van der Waals surface area contributed by atoms with E-state index >= 15 is 4.39 Å². The standard InChI is InChI=1S/C29H27FN8OS/c30-23-15-19(38-28-24(35-36-38)4-2-11-33-28)5-6-21(23)29(39)37(20-3-1-10-32-17-20)27-22-16-26(18-7-12-31-13-8-18)40-25(22)9-14-34-27/h2,4-7,9,11,14-16,20,31-32H,1,3,8,10,12-13,17H2/t20-/m1/s1. The van der Waals surface area contributed by atoms with Gasteiger partial charge in [-0.3, -0.25) is 9.69 Å². The highest BCUT2D eigenvalue weighted by atomic mass is 32.1. The van der Waals surface area contributed by atoms with E-state index in [2.05, 4.69) is 38.1 Å². The van der Waals surface area contributed by atoms with Crippen LogP contribution in [-0.2, 0) is 0 Å². The highest BCUT2D eigenvalue weighted by Gasteiger charge is 2.32. The number of nitrogens with zero attached hydrogens (tertiary/aromatic N) is 6. The van der Waals surface area contributed by atoms with E-state index in [9.17, 15) is 4.79 Å². The number of benzene rings is 1. The number of amides is 1. The van der Waals surface area contributed by atoms with Crippen LogP contribution in [0.5, 0.6) is 0 Å². The predicted molar refractivity (Wildman–Crippen MR) is 154 cm³/mol. The Morgan fingerprint density at radius 3 is 2.88 bits per heavy atom. The molecule has 11 heteroatoms. The Balaban J connectivity index is 1.29. The average molecular weight is 555 g/mol. The second kappa shape index (κ2) is 10.5. The first-order valence-electron chi connectivity index (χ1n) is 13.5. The zero-order valence-electron chi connectivity index (χ0n) is 21.7. The van der Waals surface area contributed by atoms with Crippen molar-refractivity contribution in [3.8, 4) is 5.69 Å². The quantitative estimate of drug-likeness (QED) is 0.333. The molecule has 0 aliphatic carbocycles. The number of pyridine rings is 2. The van der Waals surface area contributed by atoms with Gasteiger partial charge in [-0.2, -0.15) is 4.68 Å². The summed E-state index contributed by atoms with van der Waals surface area (Å²) >= 11 is 1.71. The van der Waals surface area contributed by atoms with Crippen molar-refractivity contribution in [2.75, 3.05) is 31.1 Å². The summed E-state index contributed by atoms with van der Waals surface area (Å²) in [6.07, 6.45) is 8.29. The Bertz CT molecular complexity index is 1760. The van der Waals surface area contributed by atoms with E-state index < -0.39 is 11.7 Å². The van der Waals surface area contributed by atoms with Gasteiger partial charge in [-0.1, -0.05) is 11.3 Å². The molecule has 0 saturated carbocycles. The third kappa shape index (κ3) is 4.45. The third-order valence-electron chi connectivity index (χ3n) is 7.52. The second-order valence-electron chi connectivity index (χ2n) is 10.0. The van der Waals surface area contributed by atoms with Crippen LogP contribution in [0.25, 0.3) is 32.5 Å². The van der Waals surface area contributed by atoms with Crippen LogP contribution >= 0.6 is 11.3 Å². The van der Waals surface area contributed by atoms with Crippen molar-refractivity contribution >= 4 is 49.9 Å². The summed E-state index contributed by atoms with van der Waals surface area (Å²) < 4.78 is 18.2. The Kier molecular flexibility index (Phi) is 6.54. The number of thiophene rings is 1. The lowest BCUT2D eigenvalue weighted by Crippen LogP contribution is -2.49. The van der Waals surface area contributed by atoms with Crippen LogP contribution in [0.3, 0.4) is 0 Å². The monoisotopic (exact) mass is 554 g/mol. The minimum absolute atomic E-state index is 0.0120. The highest BCUT2D eigenvalue weighted by molar-refractivity contribution is 7.20. The molecule has 0 unspecified atom stereocenters. The normalized spacial score (nSPS) is 17.7. The first-order valence-corrected chi connectivity index (χ1v) is 14.3. The van der Waals surface area contributed by atoms with Crippen LogP contribution in [0.4, 0.5) is 10.2 Å². The Morgan fingerprint density at radius 2 is 2.05 bits per heavy atom. The summed E-state index contributed by atoms with van der Waals surface area (Å²) in [7, 11) is 0. The van der Waals surface area contributed by atoms with Crippen molar-refractivity contribution in [1.82, 2.24) is 35.6 Å². The molecule has 1 fully saturated rings. The number of halogens is 1. The molecular weight excluding hydrogens is 527 g/mol. The summed E-state index contributed by atoms with van der Waals surface area (Å²) in [6.45, 7) is 3.31. The number of carbonyl (C=O) groups is 1. The van der Waals surface area contributed by atoms with Gasteiger partial charge in [0.1, 0.15) is 17.2 Å². The summed E-state index contributed by atoms with van der Waals surface area (Å²) in [5.41, 5.74) is 2.86. The highest BCUT2D eigenvalue weighted by Crippen LogP contribution is 2.38. The zero-order chi connectivity index (χ0) is 27.1. The van der Waals surface area contributed by atoms with E-state index in [1.54, 1.807) is 46.8 Å². The fourth-order valence-corrected chi connectivity index (χ4v) is 6.63. The van der Waals surface area contributed by atoms with Crippen LogP contribution in [0.1, 0.15) is 34.5 Å². The summed E-state index contributed by atoms with van der Waals surface area (Å²) in [4.78, 5) is 26.1. The van der Waals surface area contributed by atoms with Crippen molar-refractivity contribution in [3.05, 3.63) is 77.2 Å². The first-order chi connectivity index (χ1) is 19.7. The topological polar surface area (TPSA) is 101 Å². The number of rotatable bonds is 5. The van der Waals surface area contributed by atoms with Crippen molar-refractivity contribution < 1.29 is 9.18 Å². The van der Waals surface area contributed by atoms with Gasteiger partial charge in [0.25, 0.3) is 5.91 Å². The average Bonchev–Trinajstić information content (AvgIpc) is 3.64. The van der Waals surface area contributed by atoms with Gasteiger partial charge >= 0.3 is 0 Å². The number of anilines is 1. The number of carbonyl (C=O) groups excluding carboxylic acids is 1. The molecule has 0 bridgehead atoms. The third-order valence-corrected chi connectivity index (χ3v) is 8.70. The van der Waals surface area contributed by atoms with Gasteiger partial charge < -0.3 is 10.6 Å². The lowest BCUT2D eigenvalue weighted by molar-refractivity contribution is 0.0968. The molecule has 0 radical (unpaired) electrons. The maximum atomic E-state index is 15.7. The van der Waals surface area contributed by atoms with Gasteiger partial charge in [-0.25, -0.2) is 14.4 Å². The maximum absolute atomic E-state index is 15.7. The maximum Gasteiger partial charge on any atom is 0.262 e. The number of hydrogen-bond acceptors (Lipinski definition) is 8. The van der Waals surface area contributed by atoms with Gasteiger partial charge in [0.2, 0.25) is 0 Å². The number of piperidine rings is 1. The summed E-state index contributed by atoms with van der Waals surface area (Å²) in [5.74, 6) is -0.467. The second-order valence-corrected chi connectivity index (χ2v) is 11.1. The molecule has 1 amide bonds.